The van der Waals surface area contributed by atoms with Crippen molar-refractivity contribution in [2.75, 3.05) is 19.6 Å². The third-order valence-electron chi connectivity index (χ3n) is 3.46. The van der Waals surface area contributed by atoms with Crippen LogP contribution in [0.15, 0.2) is 54.6 Å². The molecule has 1 heterocycles. The molecule has 2 aromatic rings. The van der Waals surface area contributed by atoms with E-state index in [4.69, 9.17) is 0 Å². The molecule has 2 aromatic carbocycles. The van der Waals surface area contributed by atoms with Gasteiger partial charge in [0.1, 0.15) is 0 Å². The van der Waals surface area contributed by atoms with Gasteiger partial charge in [0.25, 0.3) is 0 Å². The smallest absolute Gasteiger partial charge is 0.0447 e. The molecule has 0 aliphatic carbocycles. The first-order valence-corrected chi connectivity index (χ1v) is 6.53. The molecular weight excluding hydrogens is 220 g/mol. The average Bonchev–Trinajstić information content (AvgIpc) is 2.49. The summed E-state index contributed by atoms with van der Waals surface area (Å²) in [5.74, 6) is 0. The van der Waals surface area contributed by atoms with Crippen LogP contribution < -0.4 is 10.6 Å². The third-order valence-corrected chi connectivity index (χ3v) is 3.46. The van der Waals surface area contributed by atoms with Crippen LogP contribution in [0.3, 0.4) is 0 Å². The highest BCUT2D eigenvalue weighted by Crippen LogP contribution is 2.22. The normalized spacial score (nSPS) is 19.7. The molecule has 0 spiro atoms. The fraction of sp³-hybridized carbons (Fsp3) is 0.250. The van der Waals surface area contributed by atoms with Gasteiger partial charge in [0.05, 0.1) is 0 Å². The summed E-state index contributed by atoms with van der Waals surface area (Å²) >= 11 is 0. The van der Waals surface area contributed by atoms with Crippen molar-refractivity contribution >= 4 is 0 Å². The Morgan fingerprint density at radius 1 is 0.778 bits per heavy atom. The van der Waals surface area contributed by atoms with Crippen molar-refractivity contribution < 1.29 is 0 Å². The minimum Gasteiger partial charge on any atom is -0.314 e. The number of benzene rings is 2. The second kappa shape index (κ2) is 5.34. The zero-order valence-corrected chi connectivity index (χ0v) is 10.4. The molecule has 2 N–H and O–H groups in total. The van der Waals surface area contributed by atoms with Crippen LogP contribution in [-0.2, 0) is 0 Å². The van der Waals surface area contributed by atoms with Crippen molar-refractivity contribution in [1.29, 1.82) is 0 Å². The maximum atomic E-state index is 3.53. The first-order chi connectivity index (χ1) is 8.93. The van der Waals surface area contributed by atoms with E-state index in [2.05, 4.69) is 65.2 Å². The van der Waals surface area contributed by atoms with Crippen molar-refractivity contribution in [3.05, 3.63) is 60.2 Å². The van der Waals surface area contributed by atoms with Gasteiger partial charge in [0.15, 0.2) is 0 Å². The van der Waals surface area contributed by atoms with Crippen LogP contribution in [-0.4, -0.2) is 19.6 Å². The zero-order valence-electron chi connectivity index (χ0n) is 10.4. The Balaban J connectivity index is 1.80. The molecule has 0 aromatic heterocycles. The van der Waals surface area contributed by atoms with E-state index in [1.165, 1.54) is 16.7 Å². The van der Waals surface area contributed by atoms with E-state index in [-0.39, 0.29) is 0 Å². The van der Waals surface area contributed by atoms with Crippen molar-refractivity contribution in [3.8, 4) is 11.1 Å². The molecule has 3 rings (SSSR count). The number of hydrogen-bond acceptors (Lipinski definition) is 2. The summed E-state index contributed by atoms with van der Waals surface area (Å²) in [5.41, 5.74) is 3.92. The molecule has 0 radical (unpaired) electrons. The summed E-state index contributed by atoms with van der Waals surface area (Å²) in [6, 6.07) is 19.8. The van der Waals surface area contributed by atoms with E-state index in [1.807, 2.05) is 0 Å². The minimum absolute atomic E-state index is 0.448. The van der Waals surface area contributed by atoms with E-state index in [1.54, 1.807) is 0 Å². The van der Waals surface area contributed by atoms with E-state index in [0.717, 1.165) is 19.6 Å². The van der Waals surface area contributed by atoms with Gasteiger partial charge in [-0.3, -0.25) is 0 Å². The summed E-state index contributed by atoms with van der Waals surface area (Å²) in [6.45, 7) is 3.13. The summed E-state index contributed by atoms with van der Waals surface area (Å²) in [4.78, 5) is 0. The largest absolute Gasteiger partial charge is 0.314 e. The predicted octanol–water partition coefficient (Wildman–Crippen LogP) is 2.59. The van der Waals surface area contributed by atoms with Crippen LogP contribution in [0.2, 0.25) is 0 Å². The molecule has 1 fully saturated rings. The maximum Gasteiger partial charge on any atom is 0.0447 e. The Hall–Kier alpha value is -1.64. The Morgan fingerprint density at radius 2 is 1.50 bits per heavy atom. The van der Waals surface area contributed by atoms with Crippen molar-refractivity contribution in [2.45, 2.75) is 6.04 Å². The maximum absolute atomic E-state index is 3.53. The van der Waals surface area contributed by atoms with Gasteiger partial charge in [-0.25, -0.2) is 0 Å². The lowest BCUT2D eigenvalue weighted by Gasteiger charge is -2.25. The lowest BCUT2D eigenvalue weighted by molar-refractivity contribution is 0.430. The monoisotopic (exact) mass is 238 g/mol. The molecule has 1 unspecified atom stereocenters. The van der Waals surface area contributed by atoms with Gasteiger partial charge < -0.3 is 10.6 Å². The van der Waals surface area contributed by atoms with Crippen LogP contribution in [0.25, 0.3) is 11.1 Å². The van der Waals surface area contributed by atoms with Crippen LogP contribution in [0.4, 0.5) is 0 Å². The quantitative estimate of drug-likeness (QED) is 0.840. The number of hydrogen-bond donors (Lipinski definition) is 2. The number of nitrogens with one attached hydrogen (secondary N) is 2. The van der Waals surface area contributed by atoms with Gasteiger partial charge in [-0.1, -0.05) is 54.6 Å². The second-order valence-corrected chi connectivity index (χ2v) is 4.70. The summed E-state index contributed by atoms with van der Waals surface area (Å²) in [5, 5.41) is 6.95. The molecule has 1 aliphatic rings. The molecule has 18 heavy (non-hydrogen) atoms. The van der Waals surface area contributed by atoms with Crippen molar-refractivity contribution in [3.63, 3.8) is 0 Å². The first-order valence-electron chi connectivity index (χ1n) is 6.53. The number of piperazine rings is 1. The Bertz CT molecular complexity index is 484. The topological polar surface area (TPSA) is 24.1 Å². The fourth-order valence-corrected chi connectivity index (χ4v) is 2.43. The third kappa shape index (κ3) is 2.45. The van der Waals surface area contributed by atoms with Gasteiger partial charge in [0, 0.05) is 25.7 Å². The highest BCUT2D eigenvalue weighted by molar-refractivity contribution is 5.63. The highest BCUT2D eigenvalue weighted by Gasteiger charge is 2.13. The summed E-state index contributed by atoms with van der Waals surface area (Å²) < 4.78 is 0. The molecule has 0 amide bonds. The number of rotatable bonds is 2. The van der Waals surface area contributed by atoms with Gasteiger partial charge in [-0.2, -0.15) is 0 Å². The molecule has 1 aliphatic heterocycles. The van der Waals surface area contributed by atoms with E-state index in [0.29, 0.717) is 6.04 Å². The molecule has 1 saturated heterocycles. The molecular formula is C16H18N2. The lowest BCUT2D eigenvalue weighted by atomic mass is 10.00. The van der Waals surface area contributed by atoms with Gasteiger partial charge >= 0.3 is 0 Å². The highest BCUT2D eigenvalue weighted by atomic mass is 15.1. The van der Waals surface area contributed by atoms with Crippen LogP contribution in [0.5, 0.6) is 0 Å². The summed E-state index contributed by atoms with van der Waals surface area (Å²) in [7, 11) is 0. The van der Waals surface area contributed by atoms with Gasteiger partial charge in [-0.05, 0) is 16.7 Å². The Kier molecular flexibility index (Phi) is 3.40. The van der Waals surface area contributed by atoms with Crippen LogP contribution in [0, 0.1) is 0 Å². The van der Waals surface area contributed by atoms with Crippen molar-refractivity contribution in [2.24, 2.45) is 0 Å². The fourth-order valence-electron chi connectivity index (χ4n) is 2.43. The first kappa shape index (κ1) is 11.5. The van der Waals surface area contributed by atoms with E-state index in [9.17, 15) is 0 Å². The van der Waals surface area contributed by atoms with E-state index >= 15 is 0 Å². The molecule has 92 valence electrons. The molecule has 2 nitrogen and oxygen atoms in total. The van der Waals surface area contributed by atoms with Crippen molar-refractivity contribution in [1.82, 2.24) is 10.6 Å². The zero-order chi connectivity index (χ0) is 12.2. The van der Waals surface area contributed by atoms with Gasteiger partial charge in [-0.15, -0.1) is 0 Å². The SMILES string of the molecule is c1ccc(-c2ccc(C3CNCCN3)cc2)cc1. The molecule has 0 bridgehead atoms. The summed E-state index contributed by atoms with van der Waals surface area (Å²) in [6.07, 6.45) is 0. The molecule has 1 atom stereocenters. The lowest BCUT2D eigenvalue weighted by Crippen LogP contribution is -2.42. The van der Waals surface area contributed by atoms with Crippen LogP contribution >= 0.6 is 0 Å². The average molecular weight is 238 g/mol. The minimum atomic E-state index is 0.448. The van der Waals surface area contributed by atoms with Gasteiger partial charge in [0.2, 0.25) is 0 Å². The Labute approximate surface area is 108 Å². The molecule has 0 saturated carbocycles. The van der Waals surface area contributed by atoms with E-state index < -0.39 is 0 Å². The second-order valence-electron chi connectivity index (χ2n) is 4.70. The predicted molar refractivity (Wildman–Crippen MR) is 75.5 cm³/mol. The standard InChI is InChI=1S/C16H18N2/c1-2-4-13(5-3-1)14-6-8-15(9-7-14)16-12-17-10-11-18-16/h1-9,16-18H,10-12H2. The van der Waals surface area contributed by atoms with Crippen LogP contribution in [0.1, 0.15) is 11.6 Å². The molecule has 2 heteroatoms. The Morgan fingerprint density at radius 3 is 2.17 bits per heavy atom.